The van der Waals surface area contributed by atoms with E-state index in [0.717, 1.165) is 12.0 Å². The number of fused-ring (bicyclic) bond motifs is 1. The number of hydrogen-bond acceptors (Lipinski definition) is 5. The molecule has 1 atom stereocenters. The van der Waals surface area contributed by atoms with E-state index in [2.05, 4.69) is 5.32 Å². The molecule has 178 valence electrons. The summed E-state index contributed by atoms with van der Waals surface area (Å²) >= 11 is 0. The van der Waals surface area contributed by atoms with Crippen molar-refractivity contribution in [3.63, 3.8) is 0 Å². The first kappa shape index (κ1) is 25.2. The van der Waals surface area contributed by atoms with E-state index in [1.54, 1.807) is 49.6 Å². The summed E-state index contributed by atoms with van der Waals surface area (Å²) in [5.41, 5.74) is 2.17. The molecule has 0 fully saturated rings. The van der Waals surface area contributed by atoms with Crippen LogP contribution >= 0.6 is 12.4 Å². The van der Waals surface area contributed by atoms with Crippen molar-refractivity contribution in [1.82, 2.24) is 9.29 Å². The van der Waals surface area contributed by atoms with Gasteiger partial charge in [0, 0.05) is 43.5 Å². The maximum absolute atomic E-state index is 14.7. The Bertz CT molecular complexity index is 1210. The van der Waals surface area contributed by atoms with Crippen molar-refractivity contribution >= 4 is 22.4 Å². The number of halogens is 2. The minimum Gasteiger partial charge on any atom is -0.493 e. The number of ether oxygens (including phenoxy) is 2. The third kappa shape index (κ3) is 4.94. The Labute approximate surface area is 200 Å². The number of nitrogens with zero attached hydrogens (tertiary/aromatic N) is 1. The van der Waals surface area contributed by atoms with Crippen LogP contribution in [0.15, 0.2) is 59.5 Å². The second kappa shape index (κ2) is 10.7. The standard InChI is InChI=1S/C24H27FN2O4S.ClH/c1-26-22-11-12-23-20(22)16-24(19-9-3-4-10-21(19)25)27(23)32(28,29)18-8-5-7-17(15-18)31-14-6-13-30-2;/h3-5,7-10,15-16,22,26H,6,11-14H2,1-2H3;1H. The van der Waals surface area contributed by atoms with Crippen LogP contribution in [0.4, 0.5) is 4.39 Å². The lowest BCUT2D eigenvalue weighted by molar-refractivity contribution is 0.172. The molecule has 1 aromatic heterocycles. The fraction of sp³-hybridized carbons (Fsp3) is 0.333. The number of aromatic nitrogens is 1. The van der Waals surface area contributed by atoms with Gasteiger partial charge in [-0.15, -0.1) is 12.4 Å². The molecule has 0 spiro atoms. The highest BCUT2D eigenvalue weighted by molar-refractivity contribution is 7.90. The second-order valence-electron chi connectivity index (χ2n) is 7.73. The molecule has 0 aliphatic heterocycles. The summed E-state index contributed by atoms with van der Waals surface area (Å²) in [6.45, 7) is 0.979. The molecule has 0 bridgehead atoms. The van der Waals surface area contributed by atoms with E-state index in [1.165, 1.54) is 16.1 Å². The Kier molecular flexibility index (Phi) is 8.18. The molecule has 3 aromatic rings. The topological polar surface area (TPSA) is 69.6 Å². The van der Waals surface area contributed by atoms with Crippen molar-refractivity contribution in [2.75, 3.05) is 27.4 Å². The van der Waals surface area contributed by atoms with Gasteiger partial charge in [-0.3, -0.25) is 0 Å². The normalized spacial score (nSPS) is 15.2. The Hall–Kier alpha value is -2.39. The van der Waals surface area contributed by atoms with Crippen molar-refractivity contribution in [3.8, 4) is 17.0 Å². The first-order valence-corrected chi connectivity index (χ1v) is 12.1. The Balaban J connectivity index is 0.00000306. The van der Waals surface area contributed by atoms with Gasteiger partial charge >= 0.3 is 0 Å². The fourth-order valence-corrected chi connectivity index (χ4v) is 5.81. The molecule has 4 rings (SSSR count). The smallest absolute Gasteiger partial charge is 0.268 e. The lowest BCUT2D eigenvalue weighted by Crippen LogP contribution is -2.17. The first-order chi connectivity index (χ1) is 15.5. The van der Waals surface area contributed by atoms with E-state index in [1.807, 2.05) is 7.05 Å². The van der Waals surface area contributed by atoms with E-state index >= 15 is 0 Å². The number of hydrogen-bond donors (Lipinski definition) is 1. The van der Waals surface area contributed by atoms with Crippen LogP contribution in [-0.2, 0) is 21.2 Å². The van der Waals surface area contributed by atoms with E-state index in [-0.39, 0.29) is 28.9 Å². The zero-order chi connectivity index (χ0) is 22.7. The third-order valence-electron chi connectivity index (χ3n) is 5.74. The molecular weight excluding hydrogens is 467 g/mol. The average Bonchev–Trinajstić information content (AvgIpc) is 3.36. The van der Waals surface area contributed by atoms with Crippen molar-refractivity contribution in [1.29, 1.82) is 0 Å². The van der Waals surface area contributed by atoms with Gasteiger partial charge in [0.1, 0.15) is 11.6 Å². The average molecular weight is 495 g/mol. The third-order valence-corrected chi connectivity index (χ3v) is 7.49. The predicted molar refractivity (Wildman–Crippen MR) is 128 cm³/mol. The molecular formula is C24H28ClFN2O4S. The zero-order valence-electron chi connectivity index (χ0n) is 18.6. The van der Waals surface area contributed by atoms with Crippen molar-refractivity contribution in [3.05, 3.63) is 71.7 Å². The van der Waals surface area contributed by atoms with Gasteiger partial charge in [-0.2, -0.15) is 0 Å². The van der Waals surface area contributed by atoms with Gasteiger partial charge in [0.25, 0.3) is 10.0 Å². The molecule has 0 amide bonds. The second-order valence-corrected chi connectivity index (χ2v) is 9.52. The Morgan fingerprint density at radius 2 is 1.91 bits per heavy atom. The Morgan fingerprint density at radius 1 is 1.12 bits per heavy atom. The van der Waals surface area contributed by atoms with Crippen molar-refractivity contribution in [2.24, 2.45) is 0 Å². The Morgan fingerprint density at radius 3 is 2.64 bits per heavy atom. The molecule has 0 saturated heterocycles. The highest BCUT2D eigenvalue weighted by atomic mass is 35.5. The summed E-state index contributed by atoms with van der Waals surface area (Å²) < 4.78 is 54.4. The lowest BCUT2D eigenvalue weighted by Gasteiger charge is -2.15. The van der Waals surface area contributed by atoms with Crippen molar-refractivity contribution in [2.45, 2.75) is 30.2 Å². The number of nitrogens with one attached hydrogen (secondary N) is 1. The largest absolute Gasteiger partial charge is 0.493 e. The van der Waals surface area contributed by atoms with Crippen LogP contribution in [0, 0.1) is 5.82 Å². The summed E-state index contributed by atoms with van der Waals surface area (Å²) in [5.74, 6) is 0.00267. The molecule has 1 aliphatic carbocycles. The molecule has 1 N–H and O–H groups in total. The monoisotopic (exact) mass is 494 g/mol. The SMILES string of the molecule is CNC1CCc2c1cc(-c1ccccc1F)n2S(=O)(=O)c1cccc(OCCCOC)c1.Cl. The molecule has 2 aromatic carbocycles. The van der Waals surface area contributed by atoms with Gasteiger partial charge in [0.15, 0.2) is 0 Å². The quantitative estimate of drug-likeness (QED) is 0.441. The van der Waals surface area contributed by atoms with E-state index in [9.17, 15) is 12.8 Å². The van der Waals surface area contributed by atoms with Gasteiger partial charge in [0.05, 0.1) is 17.2 Å². The maximum atomic E-state index is 14.7. The molecule has 33 heavy (non-hydrogen) atoms. The highest BCUT2D eigenvalue weighted by Gasteiger charge is 2.33. The van der Waals surface area contributed by atoms with Crippen molar-refractivity contribution < 1.29 is 22.3 Å². The number of rotatable bonds is 9. The van der Waals surface area contributed by atoms with Gasteiger partial charge in [-0.05, 0) is 55.8 Å². The van der Waals surface area contributed by atoms with Crippen LogP contribution < -0.4 is 10.1 Å². The van der Waals surface area contributed by atoms with Gasteiger partial charge in [-0.25, -0.2) is 16.8 Å². The summed E-state index contributed by atoms with van der Waals surface area (Å²) in [4.78, 5) is 0.102. The number of methoxy groups -OCH3 is 1. The minimum atomic E-state index is -3.99. The van der Waals surface area contributed by atoms with Crippen LogP contribution in [0.25, 0.3) is 11.3 Å². The molecule has 0 saturated carbocycles. The van der Waals surface area contributed by atoms with Crippen LogP contribution in [0.3, 0.4) is 0 Å². The molecule has 6 nitrogen and oxygen atoms in total. The van der Waals surface area contributed by atoms with Gasteiger partial charge in [-0.1, -0.05) is 18.2 Å². The molecule has 9 heteroatoms. The van der Waals surface area contributed by atoms with E-state index in [0.29, 0.717) is 43.2 Å². The van der Waals surface area contributed by atoms with Crippen LogP contribution in [0.2, 0.25) is 0 Å². The minimum absolute atomic E-state index is 0. The first-order valence-electron chi connectivity index (χ1n) is 10.6. The van der Waals surface area contributed by atoms with Gasteiger partial charge in [0.2, 0.25) is 0 Å². The molecule has 1 heterocycles. The molecule has 0 radical (unpaired) electrons. The zero-order valence-corrected chi connectivity index (χ0v) is 20.2. The summed E-state index contributed by atoms with van der Waals surface area (Å²) in [7, 11) is -0.523. The lowest BCUT2D eigenvalue weighted by atomic mass is 10.1. The summed E-state index contributed by atoms with van der Waals surface area (Å²) in [6.07, 6.45) is 2.07. The number of benzene rings is 2. The van der Waals surface area contributed by atoms with Crippen LogP contribution in [-0.4, -0.2) is 39.8 Å². The predicted octanol–water partition coefficient (Wildman–Crippen LogP) is 4.58. The van der Waals surface area contributed by atoms with Crippen LogP contribution in [0.1, 0.15) is 30.1 Å². The van der Waals surface area contributed by atoms with E-state index in [4.69, 9.17) is 9.47 Å². The van der Waals surface area contributed by atoms with Crippen LogP contribution in [0.5, 0.6) is 5.75 Å². The highest BCUT2D eigenvalue weighted by Crippen LogP contribution is 2.40. The maximum Gasteiger partial charge on any atom is 0.268 e. The molecule has 1 unspecified atom stereocenters. The molecule has 1 aliphatic rings. The fourth-order valence-electron chi connectivity index (χ4n) is 4.19. The summed E-state index contributed by atoms with van der Waals surface area (Å²) in [5, 5.41) is 3.23. The van der Waals surface area contributed by atoms with E-state index < -0.39 is 15.8 Å². The summed E-state index contributed by atoms with van der Waals surface area (Å²) in [6, 6.07) is 14.5. The van der Waals surface area contributed by atoms with Gasteiger partial charge < -0.3 is 14.8 Å².